The minimum atomic E-state index is -0.549. The quantitative estimate of drug-likeness (QED) is 0.851. The third-order valence-corrected chi connectivity index (χ3v) is 3.16. The lowest BCUT2D eigenvalue weighted by atomic mass is 10.6. The molecule has 1 N–H and O–H groups in total. The van der Waals surface area contributed by atoms with Gasteiger partial charge in [0.15, 0.2) is 15.9 Å². The largest absolute Gasteiger partial charge is 0.450 e. The van der Waals surface area contributed by atoms with Crippen LogP contribution in [0.4, 0.5) is 9.93 Å². The number of amides is 1. The lowest BCUT2D eigenvalue weighted by molar-refractivity contribution is 0.168. The molecule has 2 heterocycles. The van der Waals surface area contributed by atoms with Gasteiger partial charge in [0.25, 0.3) is 0 Å². The number of hydrogen-bond donors (Lipinski definition) is 1. The average Bonchev–Trinajstić information content (AvgIpc) is 2.60. The minimum absolute atomic E-state index is 0.302. The number of nitrogens with zero attached hydrogens (tertiary/aromatic N) is 3. The Balaban J connectivity index is 2.32. The molecule has 0 atom stereocenters. The molecule has 0 unspecified atom stereocenters. The van der Waals surface area contributed by atoms with E-state index in [-0.39, 0.29) is 0 Å². The molecule has 0 radical (unpaired) electrons. The van der Waals surface area contributed by atoms with Crippen LogP contribution in [0.25, 0.3) is 10.3 Å². The predicted molar refractivity (Wildman–Crippen MR) is 65.6 cm³/mol. The number of hydrogen-bond acceptors (Lipinski definition) is 6. The lowest BCUT2D eigenvalue weighted by Crippen LogP contribution is -2.12. The van der Waals surface area contributed by atoms with Crippen molar-refractivity contribution >= 4 is 44.5 Å². The molecule has 2 rings (SSSR count). The summed E-state index contributed by atoms with van der Waals surface area (Å²) in [6.45, 7) is 3.75. The molecule has 6 nitrogen and oxygen atoms in total. The zero-order valence-electron chi connectivity index (χ0n) is 9.15. The summed E-state index contributed by atoms with van der Waals surface area (Å²) in [5.74, 6) is 0.537. The molecule has 0 aliphatic heterocycles. The Hall–Kier alpha value is -1.47. The average molecular weight is 273 g/mol. The summed E-state index contributed by atoms with van der Waals surface area (Å²) in [6, 6.07) is 0. The van der Waals surface area contributed by atoms with E-state index in [1.807, 2.05) is 0 Å². The first-order chi connectivity index (χ1) is 8.10. The van der Waals surface area contributed by atoms with Gasteiger partial charge in [-0.1, -0.05) is 22.9 Å². The van der Waals surface area contributed by atoms with Crippen LogP contribution in [0.3, 0.4) is 0 Å². The highest BCUT2D eigenvalue weighted by atomic mass is 35.5. The summed E-state index contributed by atoms with van der Waals surface area (Å²) in [4.78, 5) is 23.5. The fraction of sp³-hybridized carbons (Fsp3) is 0.333. The zero-order valence-corrected chi connectivity index (χ0v) is 10.7. The molecule has 0 aliphatic carbocycles. The molecule has 2 aromatic rings. The van der Waals surface area contributed by atoms with Gasteiger partial charge in [-0.05, 0) is 13.8 Å². The van der Waals surface area contributed by atoms with Crippen LogP contribution in [-0.4, -0.2) is 27.7 Å². The fourth-order valence-electron chi connectivity index (χ4n) is 1.20. The summed E-state index contributed by atoms with van der Waals surface area (Å²) >= 11 is 7.16. The molecular weight excluding hydrogens is 264 g/mol. The van der Waals surface area contributed by atoms with E-state index in [0.717, 1.165) is 0 Å². The molecule has 0 aromatic carbocycles. The van der Waals surface area contributed by atoms with Gasteiger partial charge in [-0.15, -0.1) is 0 Å². The van der Waals surface area contributed by atoms with Gasteiger partial charge >= 0.3 is 6.09 Å². The van der Waals surface area contributed by atoms with Gasteiger partial charge in [0, 0.05) is 0 Å². The smallest absolute Gasteiger partial charge is 0.413 e. The van der Waals surface area contributed by atoms with Crippen molar-refractivity contribution < 1.29 is 9.53 Å². The van der Waals surface area contributed by atoms with Gasteiger partial charge in [0.2, 0.25) is 0 Å². The highest BCUT2D eigenvalue weighted by molar-refractivity contribution is 7.22. The monoisotopic (exact) mass is 272 g/mol. The SMILES string of the molecule is CCOC(=O)Nc1nc2nc(C)nc(Cl)c2s1. The van der Waals surface area contributed by atoms with E-state index in [1.165, 1.54) is 11.3 Å². The molecule has 0 saturated carbocycles. The maximum atomic E-state index is 11.2. The molecule has 0 fully saturated rings. The highest BCUT2D eigenvalue weighted by Crippen LogP contribution is 2.29. The standard InChI is InChI=1S/C9H9ClN4O2S/c1-3-16-9(15)14-8-13-7-5(17-8)6(10)11-4(2)12-7/h3H2,1-2H3,(H,11,12,13,14,15). The number of anilines is 1. The number of rotatable bonds is 2. The van der Waals surface area contributed by atoms with Crippen molar-refractivity contribution in [3.63, 3.8) is 0 Å². The van der Waals surface area contributed by atoms with E-state index >= 15 is 0 Å². The third-order valence-electron chi connectivity index (χ3n) is 1.81. The van der Waals surface area contributed by atoms with Gasteiger partial charge in [-0.25, -0.2) is 14.8 Å². The fourth-order valence-corrected chi connectivity index (χ4v) is 2.30. The van der Waals surface area contributed by atoms with Crippen LogP contribution in [0, 0.1) is 6.92 Å². The van der Waals surface area contributed by atoms with Crippen LogP contribution < -0.4 is 5.32 Å². The summed E-state index contributed by atoms with van der Waals surface area (Å²) in [5, 5.41) is 3.22. The van der Waals surface area contributed by atoms with E-state index in [9.17, 15) is 4.79 Å². The van der Waals surface area contributed by atoms with Crippen molar-refractivity contribution in [3.05, 3.63) is 11.0 Å². The van der Waals surface area contributed by atoms with Crippen LogP contribution >= 0.6 is 22.9 Å². The normalized spacial score (nSPS) is 10.5. The number of aromatic nitrogens is 3. The second-order valence-corrected chi connectivity index (χ2v) is 4.44. The second-order valence-electron chi connectivity index (χ2n) is 3.08. The highest BCUT2D eigenvalue weighted by Gasteiger charge is 2.12. The lowest BCUT2D eigenvalue weighted by Gasteiger charge is -1.99. The summed E-state index contributed by atoms with van der Waals surface area (Å²) in [7, 11) is 0. The molecule has 2 aromatic heterocycles. The Labute approximate surface area is 106 Å². The van der Waals surface area contributed by atoms with E-state index in [1.54, 1.807) is 13.8 Å². The Bertz CT molecular complexity index is 571. The molecule has 90 valence electrons. The van der Waals surface area contributed by atoms with Crippen molar-refractivity contribution in [1.82, 2.24) is 15.0 Å². The van der Waals surface area contributed by atoms with Gasteiger partial charge in [-0.2, -0.15) is 4.98 Å². The molecule has 8 heteroatoms. The number of carbonyl (C=O) groups is 1. The number of thiazole rings is 1. The zero-order chi connectivity index (χ0) is 12.4. The van der Waals surface area contributed by atoms with Crippen LogP contribution in [-0.2, 0) is 4.74 Å². The summed E-state index contributed by atoms with van der Waals surface area (Å²) < 4.78 is 5.39. The number of halogens is 1. The van der Waals surface area contributed by atoms with Crippen LogP contribution in [0.2, 0.25) is 5.15 Å². The maximum absolute atomic E-state index is 11.2. The van der Waals surface area contributed by atoms with Gasteiger partial charge in [0.05, 0.1) is 6.61 Å². The van der Waals surface area contributed by atoms with Crippen molar-refractivity contribution in [3.8, 4) is 0 Å². The predicted octanol–water partition coefficient (Wildman–Crippen LogP) is 2.62. The first kappa shape index (κ1) is 12.0. The van der Waals surface area contributed by atoms with E-state index in [2.05, 4.69) is 20.3 Å². The van der Waals surface area contributed by atoms with Crippen LogP contribution in [0.1, 0.15) is 12.7 Å². The summed E-state index contributed by atoms with van der Waals surface area (Å²) in [6.07, 6.45) is -0.549. The first-order valence-electron chi connectivity index (χ1n) is 4.84. The number of nitrogens with one attached hydrogen (secondary N) is 1. The second kappa shape index (κ2) is 4.80. The molecule has 0 spiro atoms. The number of ether oxygens (including phenoxy) is 1. The van der Waals surface area contributed by atoms with Gasteiger partial charge in [-0.3, -0.25) is 5.32 Å². The van der Waals surface area contributed by atoms with Crippen LogP contribution in [0.5, 0.6) is 0 Å². The third kappa shape index (κ3) is 2.62. The molecule has 1 amide bonds. The molecule has 0 aliphatic rings. The van der Waals surface area contributed by atoms with Gasteiger partial charge < -0.3 is 4.74 Å². The molecule has 0 saturated heterocycles. The van der Waals surface area contributed by atoms with Gasteiger partial charge in [0.1, 0.15) is 10.5 Å². The van der Waals surface area contributed by atoms with E-state index in [0.29, 0.717) is 33.1 Å². The Morgan fingerprint density at radius 3 is 2.94 bits per heavy atom. The number of carbonyl (C=O) groups excluding carboxylic acids is 1. The molecule has 17 heavy (non-hydrogen) atoms. The topological polar surface area (TPSA) is 77.0 Å². The minimum Gasteiger partial charge on any atom is -0.450 e. The Morgan fingerprint density at radius 2 is 2.24 bits per heavy atom. The summed E-state index contributed by atoms with van der Waals surface area (Å²) in [5.41, 5.74) is 0.472. The first-order valence-corrected chi connectivity index (χ1v) is 6.04. The Kier molecular flexibility index (Phi) is 3.39. The Morgan fingerprint density at radius 1 is 1.47 bits per heavy atom. The van der Waals surface area contributed by atoms with Crippen molar-refractivity contribution in [2.45, 2.75) is 13.8 Å². The van der Waals surface area contributed by atoms with E-state index in [4.69, 9.17) is 16.3 Å². The molecule has 0 bridgehead atoms. The van der Waals surface area contributed by atoms with Crippen molar-refractivity contribution in [2.75, 3.05) is 11.9 Å². The number of aryl methyl sites for hydroxylation is 1. The van der Waals surface area contributed by atoms with Crippen LogP contribution in [0.15, 0.2) is 0 Å². The maximum Gasteiger partial charge on any atom is 0.413 e. The van der Waals surface area contributed by atoms with Crippen molar-refractivity contribution in [1.29, 1.82) is 0 Å². The van der Waals surface area contributed by atoms with Crippen molar-refractivity contribution in [2.24, 2.45) is 0 Å². The number of fused-ring (bicyclic) bond motifs is 1. The van der Waals surface area contributed by atoms with E-state index < -0.39 is 6.09 Å². The molecular formula is C9H9ClN4O2S.